The summed E-state index contributed by atoms with van der Waals surface area (Å²) in [5.74, 6) is 1.88. The van der Waals surface area contributed by atoms with Gasteiger partial charge in [-0.05, 0) is 46.2 Å². The lowest BCUT2D eigenvalue weighted by Crippen LogP contribution is -2.01. The zero-order chi connectivity index (χ0) is 25.3. The van der Waals surface area contributed by atoms with Crippen molar-refractivity contribution in [3.05, 3.63) is 134 Å². The number of para-hydroxylation sites is 1. The number of hydrogen-bond acceptors (Lipinski definition) is 4. The molecule has 7 aromatic rings. The van der Waals surface area contributed by atoms with E-state index in [4.69, 9.17) is 15.0 Å². The monoisotopic (exact) mass is 486 g/mol. The Kier molecular flexibility index (Phi) is 5.41. The first kappa shape index (κ1) is 22.0. The largest absolute Gasteiger partial charge is 0.255 e. The van der Waals surface area contributed by atoms with Crippen molar-refractivity contribution in [3.8, 4) is 45.3 Å². The standard InChI is InChI=1S/C34H22N4/c1-3-9-23(10-4-1)26-16-17-28-22-29(19-18-27(28)21-26)33-36-32(25-11-5-2-6-12-25)37-34(38-33)30-15-7-13-24-14-8-20-35-31(24)30/h1-22H. The molecule has 0 N–H and O–H groups in total. The molecule has 0 amide bonds. The highest BCUT2D eigenvalue weighted by molar-refractivity contribution is 5.93. The van der Waals surface area contributed by atoms with Crippen LogP contribution in [0.2, 0.25) is 0 Å². The van der Waals surface area contributed by atoms with Crippen LogP contribution >= 0.6 is 0 Å². The number of pyridine rings is 1. The molecule has 0 saturated heterocycles. The van der Waals surface area contributed by atoms with E-state index in [0.29, 0.717) is 17.5 Å². The lowest BCUT2D eigenvalue weighted by atomic mass is 10.00. The summed E-state index contributed by atoms with van der Waals surface area (Å²) in [6.45, 7) is 0. The Balaban J connectivity index is 1.39. The summed E-state index contributed by atoms with van der Waals surface area (Å²) in [6, 6.07) is 43.5. The average molecular weight is 487 g/mol. The Bertz CT molecular complexity index is 1910. The first-order valence-corrected chi connectivity index (χ1v) is 12.6. The maximum atomic E-state index is 4.96. The second-order valence-electron chi connectivity index (χ2n) is 9.20. The predicted octanol–water partition coefficient (Wildman–Crippen LogP) is 8.24. The fraction of sp³-hybridized carbons (Fsp3) is 0. The molecule has 2 heterocycles. The van der Waals surface area contributed by atoms with Gasteiger partial charge in [-0.2, -0.15) is 0 Å². The smallest absolute Gasteiger partial charge is 0.166 e. The molecule has 0 unspecified atom stereocenters. The number of hydrogen-bond donors (Lipinski definition) is 0. The van der Waals surface area contributed by atoms with Crippen molar-refractivity contribution in [2.24, 2.45) is 0 Å². The number of rotatable bonds is 4. The molecule has 0 aliphatic rings. The van der Waals surface area contributed by atoms with E-state index in [-0.39, 0.29) is 0 Å². The fourth-order valence-electron chi connectivity index (χ4n) is 4.82. The van der Waals surface area contributed by atoms with Crippen LogP contribution in [0.15, 0.2) is 134 Å². The summed E-state index contributed by atoms with van der Waals surface area (Å²) >= 11 is 0. The van der Waals surface area contributed by atoms with Crippen LogP contribution in [0.4, 0.5) is 0 Å². The van der Waals surface area contributed by atoms with Crippen LogP contribution in [0.1, 0.15) is 0 Å². The Morgan fingerprint density at radius 3 is 1.74 bits per heavy atom. The van der Waals surface area contributed by atoms with Crippen LogP contribution in [0.3, 0.4) is 0 Å². The van der Waals surface area contributed by atoms with Crippen molar-refractivity contribution >= 4 is 21.7 Å². The molecular weight excluding hydrogens is 464 g/mol. The minimum absolute atomic E-state index is 0.609. The molecule has 0 atom stereocenters. The van der Waals surface area contributed by atoms with Gasteiger partial charge in [-0.25, -0.2) is 15.0 Å². The van der Waals surface area contributed by atoms with Crippen molar-refractivity contribution in [2.45, 2.75) is 0 Å². The minimum Gasteiger partial charge on any atom is -0.255 e. The predicted molar refractivity (Wildman–Crippen MR) is 154 cm³/mol. The molecule has 2 aromatic heterocycles. The van der Waals surface area contributed by atoms with Crippen LogP contribution in [-0.4, -0.2) is 19.9 Å². The lowest BCUT2D eigenvalue weighted by molar-refractivity contribution is 1.08. The van der Waals surface area contributed by atoms with Gasteiger partial charge < -0.3 is 0 Å². The number of aromatic nitrogens is 4. The van der Waals surface area contributed by atoms with Crippen molar-refractivity contribution in [2.75, 3.05) is 0 Å². The summed E-state index contributed by atoms with van der Waals surface area (Å²) in [5.41, 5.74) is 6.05. The molecule has 4 nitrogen and oxygen atoms in total. The molecule has 7 rings (SSSR count). The Morgan fingerprint density at radius 2 is 0.974 bits per heavy atom. The summed E-state index contributed by atoms with van der Waals surface area (Å²) < 4.78 is 0. The third-order valence-corrected chi connectivity index (χ3v) is 6.75. The highest BCUT2D eigenvalue weighted by atomic mass is 15.0. The van der Waals surface area contributed by atoms with Gasteiger partial charge in [0.25, 0.3) is 0 Å². The van der Waals surface area contributed by atoms with E-state index in [1.165, 1.54) is 16.5 Å². The topological polar surface area (TPSA) is 51.6 Å². The zero-order valence-corrected chi connectivity index (χ0v) is 20.5. The van der Waals surface area contributed by atoms with Crippen LogP contribution in [0.5, 0.6) is 0 Å². The van der Waals surface area contributed by atoms with Gasteiger partial charge in [0.2, 0.25) is 0 Å². The number of nitrogens with zero attached hydrogens (tertiary/aromatic N) is 4. The first-order chi connectivity index (χ1) is 18.8. The summed E-state index contributed by atoms with van der Waals surface area (Å²) in [4.78, 5) is 19.4. The molecule has 0 spiro atoms. The van der Waals surface area contributed by atoms with E-state index in [2.05, 4.69) is 77.8 Å². The van der Waals surface area contributed by atoms with Crippen LogP contribution in [0.25, 0.3) is 67.0 Å². The Hall–Kier alpha value is -5.22. The van der Waals surface area contributed by atoms with Crippen LogP contribution in [0, 0.1) is 0 Å². The van der Waals surface area contributed by atoms with Gasteiger partial charge >= 0.3 is 0 Å². The van der Waals surface area contributed by atoms with Crippen molar-refractivity contribution < 1.29 is 0 Å². The third-order valence-electron chi connectivity index (χ3n) is 6.75. The summed E-state index contributed by atoms with van der Waals surface area (Å²) in [5, 5.41) is 3.36. The first-order valence-electron chi connectivity index (χ1n) is 12.6. The Labute approximate surface area is 220 Å². The second-order valence-corrected chi connectivity index (χ2v) is 9.20. The normalized spacial score (nSPS) is 11.2. The molecular formula is C34H22N4. The molecule has 4 heteroatoms. The molecule has 38 heavy (non-hydrogen) atoms. The number of fused-ring (bicyclic) bond motifs is 2. The SMILES string of the molecule is c1ccc(-c2ccc3cc(-c4nc(-c5ccccc5)nc(-c5cccc6cccnc56)n4)ccc3c2)cc1. The van der Waals surface area contributed by atoms with Gasteiger partial charge in [-0.3, -0.25) is 4.98 Å². The average Bonchev–Trinajstić information content (AvgIpc) is 3.01. The Morgan fingerprint density at radius 1 is 0.368 bits per heavy atom. The van der Waals surface area contributed by atoms with Gasteiger partial charge in [0.1, 0.15) is 0 Å². The zero-order valence-electron chi connectivity index (χ0n) is 20.5. The molecule has 0 radical (unpaired) electrons. The molecule has 0 saturated carbocycles. The second kappa shape index (κ2) is 9.34. The lowest BCUT2D eigenvalue weighted by Gasteiger charge is -2.10. The summed E-state index contributed by atoms with van der Waals surface area (Å²) in [7, 11) is 0. The highest BCUT2D eigenvalue weighted by Gasteiger charge is 2.15. The van der Waals surface area contributed by atoms with E-state index in [0.717, 1.165) is 33.0 Å². The fourth-order valence-corrected chi connectivity index (χ4v) is 4.82. The third kappa shape index (κ3) is 4.08. The van der Waals surface area contributed by atoms with Crippen molar-refractivity contribution in [1.82, 2.24) is 19.9 Å². The quantitative estimate of drug-likeness (QED) is 0.251. The van der Waals surface area contributed by atoms with Gasteiger partial charge in [-0.15, -0.1) is 0 Å². The highest BCUT2D eigenvalue weighted by Crippen LogP contribution is 2.31. The van der Waals surface area contributed by atoms with Gasteiger partial charge in [-0.1, -0.05) is 103 Å². The molecule has 0 aliphatic carbocycles. The maximum absolute atomic E-state index is 4.96. The van der Waals surface area contributed by atoms with E-state index in [1.54, 1.807) is 6.20 Å². The molecule has 0 bridgehead atoms. The maximum Gasteiger partial charge on any atom is 0.166 e. The van der Waals surface area contributed by atoms with Crippen LogP contribution in [-0.2, 0) is 0 Å². The van der Waals surface area contributed by atoms with E-state index in [1.807, 2.05) is 54.6 Å². The van der Waals surface area contributed by atoms with Crippen molar-refractivity contribution in [3.63, 3.8) is 0 Å². The molecule has 0 aliphatic heterocycles. The molecule has 0 fully saturated rings. The van der Waals surface area contributed by atoms with Crippen molar-refractivity contribution in [1.29, 1.82) is 0 Å². The summed E-state index contributed by atoms with van der Waals surface area (Å²) in [6.07, 6.45) is 1.80. The molecule has 5 aromatic carbocycles. The van der Waals surface area contributed by atoms with E-state index < -0.39 is 0 Å². The van der Waals surface area contributed by atoms with Gasteiger partial charge in [0, 0.05) is 28.3 Å². The number of benzene rings is 5. The molecule has 178 valence electrons. The van der Waals surface area contributed by atoms with E-state index >= 15 is 0 Å². The van der Waals surface area contributed by atoms with Gasteiger partial charge in [0.05, 0.1) is 5.52 Å². The minimum atomic E-state index is 0.609. The van der Waals surface area contributed by atoms with Crippen LogP contribution < -0.4 is 0 Å². The van der Waals surface area contributed by atoms with E-state index in [9.17, 15) is 0 Å². The van der Waals surface area contributed by atoms with Gasteiger partial charge in [0.15, 0.2) is 17.5 Å².